The summed E-state index contributed by atoms with van der Waals surface area (Å²) in [6.45, 7) is 1.78. The third-order valence-corrected chi connectivity index (χ3v) is 2.02. The molecule has 0 radical (unpaired) electrons. The highest BCUT2D eigenvalue weighted by molar-refractivity contribution is 6.00. The van der Waals surface area contributed by atoms with Crippen LogP contribution in [0.15, 0.2) is 0 Å². The van der Waals surface area contributed by atoms with Crippen LogP contribution in [0.3, 0.4) is 0 Å². The minimum absolute atomic E-state index is 0.0406. The Morgan fingerprint density at radius 3 is 2.40 bits per heavy atom. The lowest BCUT2D eigenvalue weighted by molar-refractivity contribution is -0.145. The Kier molecular flexibility index (Phi) is 1.74. The number of hydrogen-bond donors (Lipinski definition) is 1. The van der Waals surface area contributed by atoms with Crippen molar-refractivity contribution in [2.45, 2.75) is 19.8 Å². The Balaban J connectivity index is 2.66. The van der Waals surface area contributed by atoms with Crippen LogP contribution in [0.4, 0.5) is 0 Å². The zero-order valence-corrected chi connectivity index (χ0v) is 5.83. The third kappa shape index (κ3) is 1.03. The normalized spacial score (nSPS) is 32.7. The summed E-state index contributed by atoms with van der Waals surface area (Å²) in [5.41, 5.74) is 0. The Morgan fingerprint density at radius 1 is 1.60 bits per heavy atom. The molecule has 3 heteroatoms. The van der Waals surface area contributed by atoms with Crippen LogP contribution in [-0.2, 0) is 9.59 Å². The van der Waals surface area contributed by atoms with Crippen molar-refractivity contribution in [3.63, 3.8) is 0 Å². The molecule has 0 amide bonds. The third-order valence-electron chi connectivity index (χ3n) is 2.02. The molecule has 0 saturated heterocycles. The van der Waals surface area contributed by atoms with E-state index in [1.165, 1.54) is 0 Å². The first-order chi connectivity index (χ1) is 4.63. The first-order valence-corrected chi connectivity index (χ1v) is 3.39. The Morgan fingerprint density at radius 2 is 2.20 bits per heavy atom. The van der Waals surface area contributed by atoms with Gasteiger partial charge in [-0.05, 0) is 12.8 Å². The SMILES string of the molecule is CC1CCC(C(=O)O)C1=O. The van der Waals surface area contributed by atoms with Gasteiger partial charge in [0.25, 0.3) is 0 Å². The van der Waals surface area contributed by atoms with Crippen LogP contribution in [0.5, 0.6) is 0 Å². The van der Waals surface area contributed by atoms with Gasteiger partial charge < -0.3 is 5.11 Å². The largest absolute Gasteiger partial charge is 0.481 e. The Hall–Kier alpha value is -0.860. The van der Waals surface area contributed by atoms with Crippen LogP contribution < -0.4 is 0 Å². The molecule has 1 rings (SSSR count). The zero-order valence-electron chi connectivity index (χ0n) is 5.83. The molecule has 1 saturated carbocycles. The van der Waals surface area contributed by atoms with Gasteiger partial charge in [0.1, 0.15) is 11.7 Å². The van der Waals surface area contributed by atoms with Crippen LogP contribution >= 0.6 is 0 Å². The van der Waals surface area contributed by atoms with Crippen molar-refractivity contribution in [1.82, 2.24) is 0 Å². The number of carboxylic acids is 1. The molecule has 0 bridgehead atoms. The van der Waals surface area contributed by atoms with Crippen LogP contribution in [-0.4, -0.2) is 16.9 Å². The molecule has 1 aliphatic rings. The summed E-state index contributed by atoms with van der Waals surface area (Å²) in [7, 11) is 0. The predicted octanol–water partition coefficient (Wildman–Crippen LogP) is 0.686. The van der Waals surface area contributed by atoms with Gasteiger partial charge in [-0.2, -0.15) is 0 Å². The van der Waals surface area contributed by atoms with Gasteiger partial charge in [-0.15, -0.1) is 0 Å². The fraction of sp³-hybridized carbons (Fsp3) is 0.714. The van der Waals surface area contributed by atoms with E-state index in [0.29, 0.717) is 6.42 Å². The van der Waals surface area contributed by atoms with Gasteiger partial charge >= 0.3 is 5.97 Å². The quantitative estimate of drug-likeness (QED) is 0.548. The Bertz CT molecular complexity index is 174. The van der Waals surface area contributed by atoms with Gasteiger partial charge in [-0.3, -0.25) is 9.59 Å². The fourth-order valence-electron chi connectivity index (χ4n) is 1.29. The van der Waals surface area contributed by atoms with E-state index in [1.54, 1.807) is 6.92 Å². The number of carbonyl (C=O) groups excluding carboxylic acids is 1. The number of carboxylic acid groups (broad SMARTS) is 1. The maximum atomic E-state index is 11.0. The van der Waals surface area contributed by atoms with Crippen molar-refractivity contribution < 1.29 is 14.7 Å². The molecule has 0 heterocycles. The highest BCUT2D eigenvalue weighted by atomic mass is 16.4. The van der Waals surface area contributed by atoms with Crippen LogP contribution in [0.1, 0.15) is 19.8 Å². The second-order valence-corrected chi connectivity index (χ2v) is 2.77. The van der Waals surface area contributed by atoms with E-state index < -0.39 is 11.9 Å². The van der Waals surface area contributed by atoms with Crippen LogP contribution in [0, 0.1) is 11.8 Å². The zero-order chi connectivity index (χ0) is 7.72. The summed E-state index contributed by atoms with van der Waals surface area (Å²) < 4.78 is 0. The average Bonchev–Trinajstić information content (AvgIpc) is 2.14. The smallest absolute Gasteiger partial charge is 0.314 e. The molecule has 2 unspecified atom stereocenters. The number of carbonyl (C=O) groups is 2. The summed E-state index contributed by atoms with van der Waals surface area (Å²) in [5, 5.41) is 8.48. The van der Waals surface area contributed by atoms with E-state index in [4.69, 9.17) is 5.11 Å². The Labute approximate surface area is 59.0 Å². The predicted molar refractivity (Wildman–Crippen MR) is 34.5 cm³/mol. The number of ketones is 1. The molecule has 0 aromatic rings. The minimum atomic E-state index is -0.964. The molecule has 0 aliphatic heterocycles. The van der Waals surface area contributed by atoms with Crippen molar-refractivity contribution in [2.75, 3.05) is 0 Å². The van der Waals surface area contributed by atoms with Gasteiger partial charge in [-0.1, -0.05) is 6.92 Å². The van der Waals surface area contributed by atoms with Crippen molar-refractivity contribution in [1.29, 1.82) is 0 Å². The lowest BCUT2D eigenvalue weighted by atomic mass is 10.1. The summed E-state index contributed by atoms with van der Waals surface area (Å²) >= 11 is 0. The molecular weight excluding hydrogens is 132 g/mol. The molecule has 1 aliphatic carbocycles. The second-order valence-electron chi connectivity index (χ2n) is 2.77. The molecule has 0 aromatic carbocycles. The van der Waals surface area contributed by atoms with E-state index in [0.717, 1.165) is 6.42 Å². The van der Waals surface area contributed by atoms with E-state index in [2.05, 4.69) is 0 Å². The summed E-state index contributed by atoms with van der Waals surface area (Å²) in [6.07, 6.45) is 1.26. The van der Waals surface area contributed by atoms with Gasteiger partial charge in [0.15, 0.2) is 0 Å². The standard InChI is InChI=1S/C7H10O3/c1-4-2-3-5(6(4)8)7(9)10/h4-5H,2-3H2,1H3,(H,9,10). The molecule has 0 aromatic heterocycles. The van der Waals surface area contributed by atoms with Crippen LogP contribution in [0.25, 0.3) is 0 Å². The fourth-order valence-corrected chi connectivity index (χ4v) is 1.29. The average molecular weight is 142 g/mol. The van der Waals surface area contributed by atoms with Crippen molar-refractivity contribution in [3.05, 3.63) is 0 Å². The van der Waals surface area contributed by atoms with Crippen LogP contribution in [0.2, 0.25) is 0 Å². The molecule has 0 spiro atoms. The van der Waals surface area contributed by atoms with E-state index >= 15 is 0 Å². The van der Waals surface area contributed by atoms with E-state index in [1.807, 2.05) is 0 Å². The van der Waals surface area contributed by atoms with E-state index in [9.17, 15) is 9.59 Å². The van der Waals surface area contributed by atoms with Gasteiger partial charge in [0.2, 0.25) is 0 Å². The second kappa shape index (κ2) is 2.40. The topological polar surface area (TPSA) is 54.4 Å². The number of Topliss-reactive ketones (excluding diaryl/α,β-unsaturated/α-hetero) is 1. The number of rotatable bonds is 1. The minimum Gasteiger partial charge on any atom is -0.481 e. The maximum absolute atomic E-state index is 11.0. The van der Waals surface area contributed by atoms with Gasteiger partial charge in [0, 0.05) is 5.92 Å². The number of hydrogen-bond acceptors (Lipinski definition) is 2. The van der Waals surface area contributed by atoms with Crippen molar-refractivity contribution in [2.24, 2.45) is 11.8 Å². The lowest BCUT2D eigenvalue weighted by Crippen LogP contribution is -2.20. The van der Waals surface area contributed by atoms with Gasteiger partial charge in [-0.25, -0.2) is 0 Å². The molecule has 3 nitrogen and oxygen atoms in total. The molecule has 56 valence electrons. The number of aliphatic carboxylic acids is 1. The molecular formula is C7H10O3. The summed E-state index contributed by atoms with van der Waals surface area (Å²) in [5.74, 6) is -1.82. The van der Waals surface area contributed by atoms with Crippen molar-refractivity contribution in [3.8, 4) is 0 Å². The maximum Gasteiger partial charge on any atom is 0.314 e. The first kappa shape index (κ1) is 7.25. The summed E-state index contributed by atoms with van der Waals surface area (Å²) in [4.78, 5) is 21.3. The highest BCUT2D eigenvalue weighted by Gasteiger charge is 2.35. The molecule has 10 heavy (non-hydrogen) atoms. The van der Waals surface area contributed by atoms with E-state index in [-0.39, 0.29) is 11.7 Å². The molecule has 2 atom stereocenters. The van der Waals surface area contributed by atoms with Gasteiger partial charge in [0.05, 0.1) is 0 Å². The van der Waals surface area contributed by atoms with Crippen molar-refractivity contribution >= 4 is 11.8 Å². The first-order valence-electron chi connectivity index (χ1n) is 3.39. The highest BCUT2D eigenvalue weighted by Crippen LogP contribution is 2.26. The molecule has 1 fully saturated rings. The lowest BCUT2D eigenvalue weighted by Gasteiger charge is -1.99. The summed E-state index contributed by atoms with van der Waals surface area (Å²) in [6, 6.07) is 0. The molecule has 1 N–H and O–H groups in total. The monoisotopic (exact) mass is 142 g/mol.